The van der Waals surface area contributed by atoms with Gasteiger partial charge < -0.3 is 14.7 Å². The van der Waals surface area contributed by atoms with Gasteiger partial charge in [-0.25, -0.2) is 0 Å². The average molecular weight is 212 g/mol. The largest absolute Gasteiger partial charge is 0.481 e. The van der Waals surface area contributed by atoms with Gasteiger partial charge in [0.2, 0.25) is 0 Å². The summed E-state index contributed by atoms with van der Waals surface area (Å²) in [5.41, 5.74) is -1.29. The molecule has 0 aromatic rings. The Hall–Kier alpha value is -1.19. The summed E-state index contributed by atoms with van der Waals surface area (Å²) >= 11 is 0. The van der Waals surface area contributed by atoms with Gasteiger partial charge in [0.05, 0.1) is 11.3 Å². The zero-order chi connectivity index (χ0) is 11.3. The average Bonchev–Trinajstić information content (AvgIpc) is 2.18. The van der Waals surface area contributed by atoms with Crippen molar-refractivity contribution in [2.24, 2.45) is 11.3 Å². The highest BCUT2D eigenvalue weighted by molar-refractivity contribution is 5.90. The Balaban J connectivity index is 2.95. The van der Waals surface area contributed by atoms with E-state index in [1.165, 1.54) is 0 Å². The number of aldehydes is 2. The van der Waals surface area contributed by atoms with Crippen LogP contribution in [0.1, 0.15) is 38.5 Å². The first-order valence-electron chi connectivity index (χ1n) is 5.32. The molecule has 0 amide bonds. The van der Waals surface area contributed by atoms with Crippen LogP contribution >= 0.6 is 0 Å². The molecule has 0 aromatic heterocycles. The fourth-order valence-electron chi connectivity index (χ4n) is 2.24. The van der Waals surface area contributed by atoms with Gasteiger partial charge in [-0.3, -0.25) is 4.79 Å². The second-order valence-electron chi connectivity index (χ2n) is 4.19. The van der Waals surface area contributed by atoms with Crippen LogP contribution in [0.5, 0.6) is 0 Å². The molecule has 0 bridgehead atoms. The maximum Gasteiger partial charge on any atom is 0.307 e. The van der Waals surface area contributed by atoms with Crippen molar-refractivity contribution in [1.29, 1.82) is 0 Å². The molecule has 1 fully saturated rings. The molecule has 1 aliphatic rings. The lowest BCUT2D eigenvalue weighted by molar-refractivity contribution is -0.153. The normalized spacial score (nSPS) is 26.0. The van der Waals surface area contributed by atoms with Gasteiger partial charge in [-0.15, -0.1) is 0 Å². The van der Waals surface area contributed by atoms with Crippen LogP contribution in [-0.4, -0.2) is 23.6 Å². The van der Waals surface area contributed by atoms with E-state index in [1.807, 2.05) is 0 Å². The lowest BCUT2D eigenvalue weighted by Gasteiger charge is -2.30. The van der Waals surface area contributed by atoms with Crippen LogP contribution in [0.3, 0.4) is 0 Å². The van der Waals surface area contributed by atoms with Gasteiger partial charge >= 0.3 is 5.97 Å². The standard InChI is InChI=1S/C11H16O4/c12-7-11(8-13)6-4-2-1-3-5-9(11)10(14)15/h7-9H,1-6H2,(H,14,15). The van der Waals surface area contributed by atoms with E-state index in [4.69, 9.17) is 5.11 Å². The van der Waals surface area contributed by atoms with E-state index in [2.05, 4.69) is 0 Å². The monoisotopic (exact) mass is 212 g/mol. The molecule has 0 aromatic carbocycles. The van der Waals surface area contributed by atoms with Gasteiger partial charge in [-0.1, -0.05) is 25.7 Å². The SMILES string of the molecule is O=CC1(C=O)CCCCCCC1C(=O)O. The predicted octanol–water partition coefficient (Wildman–Crippen LogP) is 1.43. The summed E-state index contributed by atoms with van der Waals surface area (Å²) in [6.45, 7) is 0. The minimum Gasteiger partial charge on any atom is -0.481 e. The predicted molar refractivity (Wildman–Crippen MR) is 53.4 cm³/mol. The Kier molecular flexibility index (Phi) is 4.00. The molecule has 0 heterocycles. The highest BCUT2D eigenvalue weighted by atomic mass is 16.4. The Bertz CT molecular complexity index is 251. The van der Waals surface area contributed by atoms with Gasteiger partial charge in [0.15, 0.2) is 0 Å². The number of hydrogen-bond acceptors (Lipinski definition) is 3. The minimum atomic E-state index is -1.29. The van der Waals surface area contributed by atoms with E-state index >= 15 is 0 Å². The summed E-state index contributed by atoms with van der Waals surface area (Å²) in [5.74, 6) is -1.87. The van der Waals surface area contributed by atoms with Crippen LogP contribution in [-0.2, 0) is 14.4 Å². The number of carboxylic acid groups (broad SMARTS) is 1. The third-order valence-corrected chi connectivity index (χ3v) is 3.24. The van der Waals surface area contributed by atoms with Crippen LogP contribution in [0, 0.1) is 11.3 Å². The smallest absolute Gasteiger partial charge is 0.307 e. The van der Waals surface area contributed by atoms with Crippen molar-refractivity contribution in [1.82, 2.24) is 0 Å². The first-order chi connectivity index (χ1) is 7.16. The Labute approximate surface area is 88.7 Å². The zero-order valence-corrected chi connectivity index (χ0v) is 8.65. The maximum atomic E-state index is 11.0. The molecule has 1 unspecified atom stereocenters. The Morgan fingerprint density at radius 3 is 2.27 bits per heavy atom. The van der Waals surface area contributed by atoms with Crippen molar-refractivity contribution in [3.05, 3.63) is 0 Å². The molecule has 0 radical (unpaired) electrons. The second kappa shape index (κ2) is 5.05. The van der Waals surface area contributed by atoms with E-state index < -0.39 is 17.3 Å². The molecule has 4 heteroatoms. The fourth-order valence-corrected chi connectivity index (χ4v) is 2.24. The van der Waals surface area contributed by atoms with Crippen LogP contribution in [0.2, 0.25) is 0 Å². The molecule has 1 atom stereocenters. The number of hydrogen-bond donors (Lipinski definition) is 1. The molecule has 1 aliphatic carbocycles. The Morgan fingerprint density at radius 2 is 1.73 bits per heavy atom. The summed E-state index contributed by atoms with van der Waals surface area (Å²) in [5, 5.41) is 9.04. The molecule has 0 saturated heterocycles. The molecule has 1 saturated carbocycles. The maximum absolute atomic E-state index is 11.0. The first-order valence-corrected chi connectivity index (χ1v) is 5.32. The summed E-state index contributed by atoms with van der Waals surface area (Å²) in [6.07, 6.45) is 5.34. The van der Waals surface area contributed by atoms with Crippen molar-refractivity contribution in [2.75, 3.05) is 0 Å². The highest BCUT2D eigenvalue weighted by Crippen LogP contribution is 2.36. The molecule has 0 aliphatic heterocycles. The molecule has 0 spiro atoms. The second-order valence-corrected chi connectivity index (χ2v) is 4.19. The summed E-state index contributed by atoms with van der Waals surface area (Å²) in [6, 6.07) is 0. The van der Waals surface area contributed by atoms with Crippen LogP contribution in [0.4, 0.5) is 0 Å². The molecular formula is C11H16O4. The van der Waals surface area contributed by atoms with Crippen molar-refractivity contribution in [3.8, 4) is 0 Å². The first kappa shape index (κ1) is 11.9. The van der Waals surface area contributed by atoms with Gasteiger partial charge in [-0.05, 0) is 12.8 Å². The topological polar surface area (TPSA) is 71.4 Å². The fraction of sp³-hybridized carbons (Fsp3) is 0.727. The molecule has 15 heavy (non-hydrogen) atoms. The summed E-state index contributed by atoms with van der Waals surface area (Å²) in [7, 11) is 0. The number of aliphatic carboxylic acids is 1. The Morgan fingerprint density at radius 1 is 1.13 bits per heavy atom. The van der Waals surface area contributed by atoms with Crippen LogP contribution in [0.15, 0.2) is 0 Å². The van der Waals surface area contributed by atoms with E-state index in [-0.39, 0.29) is 0 Å². The quantitative estimate of drug-likeness (QED) is 0.567. The van der Waals surface area contributed by atoms with Crippen LogP contribution < -0.4 is 0 Å². The van der Waals surface area contributed by atoms with Crippen molar-refractivity contribution in [2.45, 2.75) is 38.5 Å². The molecular weight excluding hydrogens is 196 g/mol. The van der Waals surface area contributed by atoms with Gasteiger partial charge in [-0.2, -0.15) is 0 Å². The lowest BCUT2D eigenvalue weighted by Crippen LogP contribution is -2.39. The third-order valence-electron chi connectivity index (χ3n) is 3.24. The van der Waals surface area contributed by atoms with Gasteiger partial charge in [0.1, 0.15) is 12.6 Å². The summed E-state index contributed by atoms with van der Waals surface area (Å²) in [4.78, 5) is 33.0. The van der Waals surface area contributed by atoms with Crippen LogP contribution in [0.25, 0.3) is 0 Å². The third kappa shape index (κ3) is 2.43. The number of carbonyl (C=O) groups excluding carboxylic acids is 2. The van der Waals surface area contributed by atoms with E-state index in [9.17, 15) is 14.4 Å². The number of carbonyl (C=O) groups is 3. The number of rotatable bonds is 3. The van der Waals surface area contributed by atoms with Crippen molar-refractivity contribution >= 4 is 18.5 Å². The van der Waals surface area contributed by atoms with E-state index in [0.717, 1.165) is 25.7 Å². The van der Waals surface area contributed by atoms with Crippen molar-refractivity contribution < 1.29 is 19.5 Å². The van der Waals surface area contributed by atoms with Crippen molar-refractivity contribution in [3.63, 3.8) is 0 Å². The van der Waals surface area contributed by atoms with E-state index in [0.29, 0.717) is 25.4 Å². The van der Waals surface area contributed by atoms with Gasteiger partial charge in [0.25, 0.3) is 0 Å². The lowest BCUT2D eigenvalue weighted by atomic mass is 9.70. The molecule has 1 N–H and O–H groups in total. The zero-order valence-electron chi connectivity index (χ0n) is 8.65. The minimum absolute atomic E-state index is 0.372. The molecule has 1 rings (SSSR count). The number of carboxylic acids is 1. The molecule has 84 valence electrons. The van der Waals surface area contributed by atoms with Gasteiger partial charge in [0, 0.05) is 0 Å². The summed E-state index contributed by atoms with van der Waals surface area (Å²) < 4.78 is 0. The van der Waals surface area contributed by atoms with E-state index in [1.54, 1.807) is 0 Å². The highest BCUT2D eigenvalue weighted by Gasteiger charge is 2.43. The molecule has 4 nitrogen and oxygen atoms in total.